The molecule has 2 amide bonds. The van der Waals surface area contributed by atoms with E-state index in [1.807, 2.05) is 4.90 Å². The fourth-order valence-electron chi connectivity index (χ4n) is 4.17. The molecular weight excluding hydrogens is 238 g/mol. The molecule has 0 aromatic rings. The van der Waals surface area contributed by atoms with Crippen LogP contribution in [0, 0.1) is 22.7 Å². The molecule has 1 spiro atoms. The molecule has 4 heteroatoms. The summed E-state index contributed by atoms with van der Waals surface area (Å²) in [6, 6.07) is -0.0800. The lowest BCUT2D eigenvalue weighted by atomic mass is 9.63. The molecule has 1 aliphatic carbocycles. The fraction of sp³-hybridized carbons (Fsp3) is 0.867. The summed E-state index contributed by atoms with van der Waals surface area (Å²) in [6.07, 6.45) is 2.99. The highest BCUT2D eigenvalue weighted by Crippen LogP contribution is 2.48. The Kier molecular flexibility index (Phi) is 3.40. The lowest BCUT2D eigenvalue weighted by Crippen LogP contribution is -2.56. The summed E-state index contributed by atoms with van der Waals surface area (Å²) in [7, 11) is 0. The molecule has 4 nitrogen and oxygen atoms in total. The minimum atomic E-state index is -0.386. The number of hydrogen-bond donors (Lipinski definition) is 2. The summed E-state index contributed by atoms with van der Waals surface area (Å²) in [6.45, 7) is 11.7. The molecule has 2 fully saturated rings. The van der Waals surface area contributed by atoms with Crippen molar-refractivity contribution in [1.29, 1.82) is 5.41 Å². The largest absolute Gasteiger partial charge is 0.323 e. The molecule has 108 valence electrons. The van der Waals surface area contributed by atoms with Crippen molar-refractivity contribution in [2.75, 3.05) is 6.54 Å². The van der Waals surface area contributed by atoms with E-state index in [2.05, 4.69) is 39.9 Å². The minimum Gasteiger partial charge on any atom is -0.311 e. The number of carbonyl (C=O) groups excluding carboxylic acids is 1. The first kappa shape index (κ1) is 14.4. The van der Waals surface area contributed by atoms with Crippen molar-refractivity contribution in [2.24, 2.45) is 17.3 Å². The van der Waals surface area contributed by atoms with Gasteiger partial charge in [0.2, 0.25) is 0 Å². The normalized spacial score (nSPS) is 34.2. The number of amides is 2. The quantitative estimate of drug-likeness (QED) is 0.791. The van der Waals surface area contributed by atoms with E-state index >= 15 is 0 Å². The Labute approximate surface area is 116 Å². The monoisotopic (exact) mass is 265 g/mol. The highest BCUT2D eigenvalue weighted by Gasteiger charge is 2.55. The summed E-state index contributed by atoms with van der Waals surface area (Å²) < 4.78 is 0. The summed E-state index contributed by atoms with van der Waals surface area (Å²) >= 11 is 0. The van der Waals surface area contributed by atoms with Gasteiger partial charge in [-0.05, 0) is 36.5 Å². The van der Waals surface area contributed by atoms with Gasteiger partial charge in [0.1, 0.15) is 11.4 Å². The van der Waals surface area contributed by atoms with Gasteiger partial charge >= 0.3 is 6.03 Å². The molecule has 0 aromatic carbocycles. The molecule has 2 N–H and O–H groups in total. The Hall–Kier alpha value is -1.06. The van der Waals surface area contributed by atoms with Crippen molar-refractivity contribution in [3.8, 4) is 0 Å². The average molecular weight is 265 g/mol. The molecular formula is C15H27N3O. The zero-order valence-electron chi connectivity index (χ0n) is 12.8. The average Bonchev–Trinajstić information content (AvgIpc) is 2.39. The number of rotatable bonds is 2. The first-order chi connectivity index (χ1) is 8.66. The van der Waals surface area contributed by atoms with Gasteiger partial charge in [-0.1, -0.05) is 34.6 Å². The number of amidine groups is 1. The van der Waals surface area contributed by atoms with E-state index < -0.39 is 0 Å². The van der Waals surface area contributed by atoms with Crippen LogP contribution in [-0.4, -0.2) is 28.9 Å². The van der Waals surface area contributed by atoms with Gasteiger partial charge in [0.25, 0.3) is 0 Å². The van der Waals surface area contributed by atoms with Crippen LogP contribution < -0.4 is 5.32 Å². The predicted molar refractivity (Wildman–Crippen MR) is 77.3 cm³/mol. The molecule has 1 aliphatic heterocycles. The maximum atomic E-state index is 12.2. The van der Waals surface area contributed by atoms with Gasteiger partial charge in [-0.3, -0.25) is 10.7 Å². The molecule has 0 radical (unpaired) electrons. The van der Waals surface area contributed by atoms with Crippen LogP contribution in [0.15, 0.2) is 0 Å². The number of hydrogen-bond acceptors (Lipinski definition) is 2. The summed E-state index contributed by atoms with van der Waals surface area (Å²) in [5.74, 6) is 1.39. The highest BCUT2D eigenvalue weighted by atomic mass is 16.2. The van der Waals surface area contributed by atoms with Crippen molar-refractivity contribution < 1.29 is 4.79 Å². The van der Waals surface area contributed by atoms with Crippen molar-refractivity contribution in [3.63, 3.8) is 0 Å². The molecule has 2 aliphatic rings. The van der Waals surface area contributed by atoms with Crippen LogP contribution in [0.5, 0.6) is 0 Å². The van der Waals surface area contributed by atoms with Crippen LogP contribution in [0.25, 0.3) is 0 Å². The van der Waals surface area contributed by atoms with E-state index in [1.54, 1.807) is 0 Å². The Balaban J connectivity index is 2.36. The van der Waals surface area contributed by atoms with Crippen LogP contribution in [0.3, 0.4) is 0 Å². The summed E-state index contributed by atoms with van der Waals surface area (Å²) in [5, 5.41) is 11.1. The van der Waals surface area contributed by atoms with Gasteiger partial charge in [-0.2, -0.15) is 0 Å². The third-order valence-electron chi connectivity index (χ3n) is 4.37. The summed E-state index contributed by atoms with van der Waals surface area (Å²) in [4.78, 5) is 14.1. The maximum absolute atomic E-state index is 12.2. The maximum Gasteiger partial charge on any atom is 0.323 e. The summed E-state index contributed by atoms with van der Waals surface area (Å²) in [5.41, 5.74) is -0.200. The van der Waals surface area contributed by atoms with Crippen LogP contribution in [-0.2, 0) is 0 Å². The molecule has 2 unspecified atom stereocenters. The molecule has 0 bridgehead atoms. The van der Waals surface area contributed by atoms with Crippen LogP contribution in [0.2, 0.25) is 0 Å². The zero-order valence-corrected chi connectivity index (χ0v) is 12.8. The van der Waals surface area contributed by atoms with Gasteiger partial charge in [0.05, 0.1) is 0 Å². The first-order valence-corrected chi connectivity index (χ1v) is 7.34. The first-order valence-electron chi connectivity index (χ1n) is 7.34. The van der Waals surface area contributed by atoms with Gasteiger partial charge in [0.15, 0.2) is 0 Å². The van der Waals surface area contributed by atoms with Crippen LogP contribution >= 0.6 is 0 Å². The van der Waals surface area contributed by atoms with Crippen LogP contribution in [0.4, 0.5) is 4.79 Å². The lowest BCUT2D eigenvalue weighted by Gasteiger charge is -2.49. The highest BCUT2D eigenvalue weighted by molar-refractivity contribution is 6.08. The van der Waals surface area contributed by atoms with E-state index in [9.17, 15) is 4.79 Å². The van der Waals surface area contributed by atoms with Crippen molar-refractivity contribution >= 4 is 11.9 Å². The van der Waals surface area contributed by atoms with Crippen molar-refractivity contribution in [3.05, 3.63) is 0 Å². The Morgan fingerprint density at radius 2 is 2.05 bits per heavy atom. The molecule has 19 heavy (non-hydrogen) atoms. The van der Waals surface area contributed by atoms with Crippen LogP contribution in [0.1, 0.15) is 53.9 Å². The smallest absolute Gasteiger partial charge is 0.311 e. The minimum absolute atomic E-state index is 0.0800. The van der Waals surface area contributed by atoms with Gasteiger partial charge in [-0.15, -0.1) is 0 Å². The van der Waals surface area contributed by atoms with E-state index in [4.69, 9.17) is 5.41 Å². The molecule has 0 aromatic heterocycles. The molecule has 1 heterocycles. The standard InChI is InChI=1S/C15H27N3O/c1-10(2)8-18-13(19)17-12(16)15(18)7-11(3)6-14(4,5)9-15/h10-11H,6-9H2,1-5H3,(H2,16,17,19). The Morgan fingerprint density at radius 1 is 1.42 bits per heavy atom. The second kappa shape index (κ2) is 4.50. The molecule has 1 saturated carbocycles. The van der Waals surface area contributed by atoms with Crippen molar-refractivity contribution in [2.45, 2.75) is 59.4 Å². The zero-order chi connectivity index (χ0) is 14.4. The van der Waals surface area contributed by atoms with Crippen molar-refractivity contribution in [1.82, 2.24) is 10.2 Å². The van der Waals surface area contributed by atoms with Gasteiger partial charge in [0, 0.05) is 6.54 Å². The Bertz CT molecular complexity index is 402. The van der Waals surface area contributed by atoms with E-state index in [1.165, 1.54) is 6.42 Å². The Morgan fingerprint density at radius 3 is 2.58 bits per heavy atom. The predicted octanol–water partition coefficient (Wildman–Crippen LogP) is 3.23. The third-order valence-corrected chi connectivity index (χ3v) is 4.37. The van der Waals surface area contributed by atoms with Gasteiger partial charge < -0.3 is 4.90 Å². The molecule has 2 rings (SSSR count). The van der Waals surface area contributed by atoms with E-state index in [-0.39, 0.29) is 17.0 Å². The number of urea groups is 1. The number of nitrogens with one attached hydrogen (secondary N) is 2. The van der Waals surface area contributed by atoms with E-state index in [0.717, 1.165) is 19.4 Å². The third kappa shape index (κ3) is 2.49. The second-order valence-electron chi connectivity index (χ2n) is 7.70. The number of carbonyl (C=O) groups is 1. The van der Waals surface area contributed by atoms with Gasteiger partial charge in [-0.25, -0.2) is 4.79 Å². The number of nitrogens with zero attached hydrogens (tertiary/aromatic N) is 1. The topological polar surface area (TPSA) is 56.2 Å². The molecule has 2 atom stereocenters. The second-order valence-corrected chi connectivity index (χ2v) is 7.70. The lowest BCUT2D eigenvalue weighted by molar-refractivity contribution is 0.0557. The SMILES string of the molecule is CC(C)CN1C(=O)NC(=N)C12CC(C)CC(C)(C)C2. The fourth-order valence-corrected chi connectivity index (χ4v) is 4.17. The molecule has 1 saturated heterocycles. The van der Waals surface area contributed by atoms with E-state index in [0.29, 0.717) is 17.7 Å².